The average molecular weight is 390 g/mol. The van der Waals surface area contributed by atoms with Gasteiger partial charge in [0.1, 0.15) is 11.7 Å². The number of amides is 1. The van der Waals surface area contributed by atoms with Crippen molar-refractivity contribution in [1.82, 2.24) is 9.80 Å². The number of benzene rings is 1. The summed E-state index contributed by atoms with van der Waals surface area (Å²) in [6.45, 7) is 8.03. The Balaban J connectivity index is 1.65. The van der Waals surface area contributed by atoms with Gasteiger partial charge in [-0.3, -0.25) is 0 Å². The second-order valence-electron chi connectivity index (χ2n) is 7.92. The van der Waals surface area contributed by atoms with E-state index in [4.69, 9.17) is 9.47 Å². The molecule has 152 valence electrons. The smallest absolute Gasteiger partial charge is 0.417 e. The first-order valence-electron chi connectivity index (χ1n) is 9.35. The van der Waals surface area contributed by atoms with E-state index >= 15 is 0 Å². The molecule has 1 unspecified atom stereocenters. The van der Waals surface area contributed by atoms with Gasteiger partial charge in [0.05, 0.1) is 18.8 Å². The molecule has 0 saturated carbocycles. The molecule has 1 amide bonds. The van der Waals surface area contributed by atoms with E-state index in [0.717, 1.165) is 17.5 Å². The molecule has 1 aromatic carbocycles. The maximum atomic E-state index is 12.5. The van der Waals surface area contributed by atoms with Crippen molar-refractivity contribution in [2.45, 2.75) is 39.4 Å². The van der Waals surface area contributed by atoms with Gasteiger partial charge in [-0.05, 0) is 32.8 Å². The molecule has 0 bridgehead atoms. The molecule has 0 N–H and O–H groups in total. The van der Waals surface area contributed by atoms with Crippen LogP contribution in [0.15, 0.2) is 29.4 Å². The first kappa shape index (κ1) is 20.1. The van der Waals surface area contributed by atoms with Crippen LogP contribution >= 0.6 is 0 Å². The van der Waals surface area contributed by atoms with E-state index in [1.165, 1.54) is 4.90 Å². The van der Waals surface area contributed by atoms with E-state index in [9.17, 15) is 14.9 Å². The van der Waals surface area contributed by atoms with Gasteiger partial charge in [0.25, 0.3) is 5.96 Å². The van der Waals surface area contributed by atoms with Gasteiger partial charge in [-0.25, -0.2) is 19.8 Å². The van der Waals surface area contributed by atoms with Crippen LogP contribution in [0.4, 0.5) is 4.79 Å². The van der Waals surface area contributed by atoms with Crippen LogP contribution in [-0.2, 0) is 16.1 Å². The zero-order valence-electron chi connectivity index (χ0n) is 16.5. The third-order valence-corrected chi connectivity index (χ3v) is 4.92. The minimum atomic E-state index is -0.774. The second-order valence-corrected chi connectivity index (χ2v) is 7.92. The average Bonchev–Trinajstić information content (AvgIpc) is 3.15. The summed E-state index contributed by atoms with van der Waals surface area (Å²) in [4.78, 5) is 26.5. The number of hydrogen-bond donors (Lipinski definition) is 0. The second kappa shape index (κ2) is 8.14. The Morgan fingerprint density at radius 2 is 2.21 bits per heavy atom. The van der Waals surface area contributed by atoms with Gasteiger partial charge in [0, 0.05) is 19.0 Å². The van der Waals surface area contributed by atoms with Crippen molar-refractivity contribution in [3.63, 3.8) is 0 Å². The molecule has 28 heavy (non-hydrogen) atoms. The number of nitro groups is 1. The molecule has 2 saturated heterocycles. The number of hydrogen-bond acceptors (Lipinski definition) is 5. The van der Waals surface area contributed by atoms with Gasteiger partial charge in [-0.1, -0.05) is 29.8 Å². The van der Waals surface area contributed by atoms with Crippen LogP contribution in [0.25, 0.3) is 0 Å². The minimum absolute atomic E-state index is 0.0314. The number of aryl methyl sites for hydroxylation is 1. The molecule has 0 spiro atoms. The fraction of sp³-hybridized carbons (Fsp3) is 0.579. The lowest BCUT2D eigenvalue weighted by atomic mass is 9.97. The lowest BCUT2D eigenvalue weighted by Crippen LogP contribution is -2.40. The minimum Gasteiger partial charge on any atom is -0.444 e. The van der Waals surface area contributed by atoms with Crippen molar-refractivity contribution in [3.8, 4) is 0 Å². The monoisotopic (exact) mass is 390 g/mol. The summed E-state index contributed by atoms with van der Waals surface area (Å²) >= 11 is 0. The van der Waals surface area contributed by atoms with Crippen LogP contribution in [0, 0.1) is 23.0 Å². The normalized spacial score (nSPS) is 22.7. The molecule has 9 nitrogen and oxygen atoms in total. The molecule has 2 aliphatic heterocycles. The first-order chi connectivity index (χ1) is 13.2. The zero-order valence-corrected chi connectivity index (χ0v) is 16.5. The quantitative estimate of drug-likeness (QED) is 0.566. The van der Waals surface area contributed by atoms with E-state index < -0.39 is 11.1 Å². The lowest BCUT2D eigenvalue weighted by molar-refractivity contribution is -0.486. The van der Waals surface area contributed by atoms with Crippen LogP contribution in [0.3, 0.4) is 0 Å². The molecule has 0 aromatic heterocycles. The number of carbonyl (C=O) groups excluding carboxylic acids is 1. The summed E-state index contributed by atoms with van der Waals surface area (Å²) < 4.78 is 11.1. The van der Waals surface area contributed by atoms with E-state index in [-0.39, 0.29) is 24.1 Å². The predicted molar refractivity (Wildman–Crippen MR) is 102 cm³/mol. The van der Waals surface area contributed by atoms with E-state index in [0.29, 0.717) is 26.2 Å². The van der Waals surface area contributed by atoms with Crippen molar-refractivity contribution in [3.05, 3.63) is 45.5 Å². The Labute approximate surface area is 164 Å². The number of guanidine groups is 1. The number of carbonyl (C=O) groups is 1. The molecular weight excluding hydrogens is 364 g/mol. The van der Waals surface area contributed by atoms with Crippen LogP contribution in [-0.4, -0.2) is 58.7 Å². The predicted octanol–water partition coefficient (Wildman–Crippen LogP) is 2.61. The standard InChI is InChI=1S/C19H26N4O5/c1-14-5-4-6-15(9-14)12-27-18(24)22-8-7-21(17(22)20-23(25)26)11-16-10-19(2,3)28-13-16/h4-6,9,16H,7-8,10-13H2,1-3H3. The van der Waals surface area contributed by atoms with Crippen LogP contribution in [0.2, 0.25) is 0 Å². The third-order valence-electron chi connectivity index (χ3n) is 4.92. The number of nitrogens with zero attached hydrogens (tertiary/aromatic N) is 4. The Kier molecular flexibility index (Phi) is 5.83. The Morgan fingerprint density at radius 1 is 1.43 bits per heavy atom. The van der Waals surface area contributed by atoms with Crippen LogP contribution < -0.4 is 0 Å². The molecule has 2 heterocycles. The fourth-order valence-electron chi connectivity index (χ4n) is 3.74. The molecule has 2 aliphatic rings. The lowest BCUT2D eigenvalue weighted by Gasteiger charge is -2.22. The Morgan fingerprint density at radius 3 is 2.86 bits per heavy atom. The number of ether oxygens (including phenoxy) is 2. The summed E-state index contributed by atoms with van der Waals surface area (Å²) in [5.74, 6) is 0.263. The number of hydrazone groups is 1. The Hall–Kier alpha value is -2.68. The summed E-state index contributed by atoms with van der Waals surface area (Å²) in [6.07, 6.45) is 0.222. The summed E-state index contributed by atoms with van der Waals surface area (Å²) in [7, 11) is 0. The van der Waals surface area contributed by atoms with Gasteiger partial charge < -0.3 is 14.4 Å². The van der Waals surface area contributed by atoms with Crippen LogP contribution in [0.5, 0.6) is 0 Å². The van der Waals surface area contributed by atoms with Crippen LogP contribution in [0.1, 0.15) is 31.4 Å². The summed E-state index contributed by atoms with van der Waals surface area (Å²) in [5, 5.41) is 13.7. The van der Waals surface area contributed by atoms with Gasteiger partial charge in [-0.2, -0.15) is 0 Å². The Bertz CT molecular complexity index is 779. The van der Waals surface area contributed by atoms with E-state index in [1.54, 1.807) is 4.90 Å². The molecule has 1 aromatic rings. The van der Waals surface area contributed by atoms with Crippen molar-refractivity contribution in [2.24, 2.45) is 11.0 Å². The molecule has 0 aliphatic carbocycles. The fourth-order valence-corrected chi connectivity index (χ4v) is 3.74. The van der Waals surface area contributed by atoms with Crippen molar-refractivity contribution < 1.29 is 19.3 Å². The van der Waals surface area contributed by atoms with Gasteiger partial charge in [0.15, 0.2) is 5.03 Å². The van der Waals surface area contributed by atoms with Gasteiger partial charge in [0.2, 0.25) is 0 Å². The van der Waals surface area contributed by atoms with Gasteiger partial charge >= 0.3 is 6.09 Å². The molecule has 0 radical (unpaired) electrons. The highest BCUT2D eigenvalue weighted by molar-refractivity contribution is 5.95. The number of rotatable bonds is 5. The van der Waals surface area contributed by atoms with Crippen molar-refractivity contribution in [1.29, 1.82) is 0 Å². The first-order valence-corrected chi connectivity index (χ1v) is 9.35. The van der Waals surface area contributed by atoms with Crippen molar-refractivity contribution in [2.75, 3.05) is 26.2 Å². The largest absolute Gasteiger partial charge is 0.444 e. The molecule has 1 atom stereocenters. The summed E-state index contributed by atoms with van der Waals surface area (Å²) in [6, 6.07) is 7.64. The highest BCUT2D eigenvalue weighted by atomic mass is 16.7. The highest BCUT2D eigenvalue weighted by Crippen LogP contribution is 2.30. The summed E-state index contributed by atoms with van der Waals surface area (Å²) in [5.41, 5.74) is 1.73. The third kappa shape index (κ3) is 4.98. The maximum Gasteiger partial charge on any atom is 0.417 e. The van der Waals surface area contributed by atoms with Crippen molar-refractivity contribution >= 4 is 12.1 Å². The topological polar surface area (TPSA) is 97.5 Å². The molecule has 3 rings (SSSR count). The SMILES string of the molecule is Cc1cccc(COC(=O)N2CCN(CC3COC(C)(C)C3)C2=N[N+](=O)[O-])c1. The molecular formula is C19H26N4O5. The van der Waals surface area contributed by atoms with Gasteiger partial charge in [-0.15, -0.1) is 0 Å². The van der Waals surface area contributed by atoms with E-state index in [1.807, 2.05) is 45.0 Å². The highest BCUT2D eigenvalue weighted by Gasteiger charge is 2.39. The maximum absolute atomic E-state index is 12.5. The van der Waals surface area contributed by atoms with E-state index in [2.05, 4.69) is 5.10 Å². The zero-order chi connectivity index (χ0) is 20.3. The molecule has 9 heteroatoms. The molecule has 2 fully saturated rings.